The van der Waals surface area contributed by atoms with E-state index in [1.165, 1.54) is 12.3 Å². The molecule has 19 heavy (non-hydrogen) atoms. The number of carbonyl (C=O) groups is 1. The minimum atomic E-state index is -0.586. The molecule has 0 radical (unpaired) electrons. The second kappa shape index (κ2) is 5.30. The monoisotopic (exact) mass is 261 g/mol. The molecule has 1 atom stereocenters. The van der Waals surface area contributed by atoms with Crippen LogP contribution in [0, 0.1) is 21.4 Å². The maximum Gasteiger partial charge on any atom is 0.312 e. The molecule has 1 fully saturated rings. The van der Waals surface area contributed by atoms with Crippen molar-refractivity contribution >= 4 is 17.4 Å². The number of nitrogens with zero attached hydrogens (tertiary/aromatic N) is 3. The van der Waals surface area contributed by atoms with Crippen molar-refractivity contribution in [3.63, 3.8) is 0 Å². The van der Waals surface area contributed by atoms with Gasteiger partial charge in [-0.25, -0.2) is 4.98 Å². The number of nitrogens with one attached hydrogen (secondary N) is 2. The van der Waals surface area contributed by atoms with E-state index in [2.05, 4.69) is 15.6 Å². The van der Waals surface area contributed by atoms with Gasteiger partial charge in [0.2, 0.25) is 11.7 Å². The van der Waals surface area contributed by atoms with Crippen LogP contribution in [0.5, 0.6) is 0 Å². The van der Waals surface area contributed by atoms with Gasteiger partial charge in [-0.2, -0.15) is 5.26 Å². The molecule has 8 heteroatoms. The van der Waals surface area contributed by atoms with Crippen molar-refractivity contribution in [2.75, 3.05) is 11.9 Å². The molecule has 0 bridgehead atoms. The van der Waals surface area contributed by atoms with Crippen molar-refractivity contribution in [3.8, 4) is 6.07 Å². The first-order valence-corrected chi connectivity index (χ1v) is 5.68. The van der Waals surface area contributed by atoms with Crippen LogP contribution >= 0.6 is 0 Å². The Morgan fingerprint density at radius 1 is 1.63 bits per heavy atom. The molecule has 1 aromatic rings. The molecule has 2 rings (SSSR count). The quantitative estimate of drug-likeness (QED) is 0.605. The molecule has 0 aromatic carbocycles. The fraction of sp³-hybridized carbons (Fsp3) is 0.364. The van der Waals surface area contributed by atoms with Gasteiger partial charge in [0.1, 0.15) is 6.07 Å². The van der Waals surface area contributed by atoms with Gasteiger partial charge in [-0.1, -0.05) is 0 Å². The van der Waals surface area contributed by atoms with Crippen LogP contribution in [-0.4, -0.2) is 28.4 Å². The molecule has 98 valence electrons. The average molecular weight is 261 g/mol. The number of aromatic nitrogens is 1. The summed E-state index contributed by atoms with van der Waals surface area (Å²) in [6.07, 6.45) is 2.24. The molecular formula is C11H11N5O3. The lowest BCUT2D eigenvalue weighted by Crippen LogP contribution is -2.42. The smallest absolute Gasteiger partial charge is 0.312 e. The summed E-state index contributed by atoms with van der Waals surface area (Å²) in [5.74, 6) is 0.0884. The van der Waals surface area contributed by atoms with Crippen molar-refractivity contribution in [1.82, 2.24) is 10.3 Å². The van der Waals surface area contributed by atoms with E-state index in [4.69, 9.17) is 5.26 Å². The van der Waals surface area contributed by atoms with E-state index in [1.54, 1.807) is 0 Å². The zero-order chi connectivity index (χ0) is 13.8. The largest absolute Gasteiger partial charge is 0.360 e. The fourth-order valence-corrected chi connectivity index (χ4v) is 1.81. The van der Waals surface area contributed by atoms with Crippen LogP contribution < -0.4 is 10.6 Å². The van der Waals surface area contributed by atoms with Crippen molar-refractivity contribution in [1.29, 1.82) is 5.26 Å². The first-order chi connectivity index (χ1) is 9.10. The van der Waals surface area contributed by atoms with Crippen molar-refractivity contribution in [3.05, 3.63) is 27.9 Å². The molecule has 0 aliphatic carbocycles. The summed E-state index contributed by atoms with van der Waals surface area (Å²) in [5, 5.41) is 25.2. The van der Waals surface area contributed by atoms with Gasteiger partial charge >= 0.3 is 5.69 Å². The Bertz CT molecular complexity index is 556. The maximum atomic E-state index is 11.0. The highest BCUT2D eigenvalue weighted by Crippen LogP contribution is 2.24. The summed E-state index contributed by atoms with van der Waals surface area (Å²) >= 11 is 0. The van der Waals surface area contributed by atoms with Gasteiger partial charge < -0.3 is 10.6 Å². The number of rotatable bonds is 3. The Morgan fingerprint density at radius 3 is 3.00 bits per heavy atom. The third kappa shape index (κ3) is 2.95. The zero-order valence-corrected chi connectivity index (χ0v) is 9.92. The minimum Gasteiger partial charge on any atom is -0.360 e. The molecule has 1 aliphatic heterocycles. The molecule has 1 amide bonds. The van der Waals surface area contributed by atoms with E-state index in [1.807, 2.05) is 6.07 Å². The van der Waals surface area contributed by atoms with E-state index < -0.39 is 4.92 Å². The molecule has 1 unspecified atom stereocenters. The van der Waals surface area contributed by atoms with Crippen LogP contribution in [0.4, 0.5) is 11.5 Å². The maximum absolute atomic E-state index is 11.0. The summed E-state index contributed by atoms with van der Waals surface area (Å²) < 4.78 is 0. The Hall–Kier alpha value is -2.69. The van der Waals surface area contributed by atoms with Crippen molar-refractivity contribution < 1.29 is 9.72 Å². The Labute approximate surface area is 108 Å². The van der Waals surface area contributed by atoms with Gasteiger partial charge in [0.25, 0.3) is 0 Å². The average Bonchev–Trinajstić information content (AvgIpc) is 2.41. The Balaban J connectivity index is 2.18. The molecule has 1 aliphatic rings. The zero-order valence-electron chi connectivity index (χ0n) is 9.92. The molecule has 1 saturated heterocycles. The second-order valence-electron chi connectivity index (χ2n) is 4.14. The molecule has 8 nitrogen and oxygen atoms in total. The highest BCUT2D eigenvalue weighted by atomic mass is 16.6. The topological polar surface area (TPSA) is 121 Å². The van der Waals surface area contributed by atoms with Crippen molar-refractivity contribution in [2.24, 2.45) is 0 Å². The highest BCUT2D eigenvalue weighted by molar-refractivity contribution is 5.77. The second-order valence-corrected chi connectivity index (χ2v) is 4.14. The van der Waals surface area contributed by atoms with Crippen LogP contribution in [0.15, 0.2) is 12.3 Å². The fourth-order valence-electron chi connectivity index (χ4n) is 1.81. The molecule has 2 heterocycles. The molecule has 1 aromatic heterocycles. The minimum absolute atomic E-state index is 0.0275. The number of hydrogen-bond donors (Lipinski definition) is 2. The lowest BCUT2D eigenvalue weighted by molar-refractivity contribution is -0.384. The van der Waals surface area contributed by atoms with Gasteiger partial charge in [-0.15, -0.1) is 0 Å². The van der Waals surface area contributed by atoms with E-state index in [-0.39, 0.29) is 29.0 Å². The summed E-state index contributed by atoms with van der Waals surface area (Å²) in [6.45, 7) is 0.400. The van der Waals surface area contributed by atoms with Crippen LogP contribution in [0.25, 0.3) is 0 Å². The normalized spacial score (nSPS) is 18.3. The molecule has 0 spiro atoms. The summed E-state index contributed by atoms with van der Waals surface area (Å²) in [7, 11) is 0. The Morgan fingerprint density at radius 2 is 2.42 bits per heavy atom. The number of carbonyl (C=O) groups excluding carboxylic acids is 1. The number of nitriles is 1. The van der Waals surface area contributed by atoms with Crippen LogP contribution in [0.1, 0.15) is 18.4 Å². The number of anilines is 1. The lowest BCUT2D eigenvalue weighted by atomic mass is 10.1. The number of hydrogen-bond acceptors (Lipinski definition) is 6. The van der Waals surface area contributed by atoms with Gasteiger partial charge in [0.05, 0.1) is 10.5 Å². The highest BCUT2D eigenvalue weighted by Gasteiger charge is 2.22. The van der Waals surface area contributed by atoms with E-state index >= 15 is 0 Å². The number of nitro groups is 1. The summed E-state index contributed by atoms with van der Waals surface area (Å²) in [5.41, 5.74) is -0.106. The van der Waals surface area contributed by atoms with E-state index in [9.17, 15) is 14.9 Å². The third-order valence-electron chi connectivity index (χ3n) is 2.80. The van der Waals surface area contributed by atoms with Crippen LogP contribution in [0.2, 0.25) is 0 Å². The first kappa shape index (κ1) is 12.8. The summed E-state index contributed by atoms with van der Waals surface area (Å²) in [4.78, 5) is 25.3. The molecule has 0 saturated carbocycles. The SMILES string of the molecule is N#Cc1cnc(NC2CCC(=O)NC2)c([N+](=O)[O-])c1. The van der Waals surface area contributed by atoms with Gasteiger partial charge in [0.15, 0.2) is 0 Å². The number of amides is 1. The predicted octanol–water partition coefficient (Wildman–Crippen LogP) is 0.552. The van der Waals surface area contributed by atoms with E-state index in [0.717, 1.165) is 0 Å². The Kier molecular flexibility index (Phi) is 3.56. The summed E-state index contributed by atoms with van der Waals surface area (Å²) in [6, 6.07) is 2.88. The van der Waals surface area contributed by atoms with Crippen molar-refractivity contribution in [2.45, 2.75) is 18.9 Å². The first-order valence-electron chi connectivity index (χ1n) is 5.68. The molecular weight excluding hydrogens is 250 g/mol. The van der Waals surface area contributed by atoms with Crippen LogP contribution in [0.3, 0.4) is 0 Å². The number of piperidine rings is 1. The number of pyridine rings is 1. The van der Waals surface area contributed by atoms with Crippen LogP contribution in [-0.2, 0) is 4.79 Å². The van der Waals surface area contributed by atoms with Gasteiger partial charge in [0, 0.05) is 31.3 Å². The van der Waals surface area contributed by atoms with E-state index in [0.29, 0.717) is 19.4 Å². The lowest BCUT2D eigenvalue weighted by Gasteiger charge is -2.23. The predicted molar refractivity (Wildman–Crippen MR) is 65.3 cm³/mol. The third-order valence-corrected chi connectivity index (χ3v) is 2.80. The standard InChI is InChI=1S/C11H11N5O3/c12-4-7-3-9(16(18)19)11(14-5-7)15-8-1-2-10(17)13-6-8/h3,5,8H,1-2,6H2,(H,13,17)(H,14,15). The van der Waals surface area contributed by atoms with Gasteiger partial charge in [-0.05, 0) is 6.42 Å². The molecule has 2 N–H and O–H groups in total. The van der Waals surface area contributed by atoms with Gasteiger partial charge in [-0.3, -0.25) is 14.9 Å².